The van der Waals surface area contributed by atoms with E-state index in [0.717, 1.165) is 36.5 Å². The van der Waals surface area contributed by atoms with Gasteiger partial charge in [0, 0.05) is 24.8 Å². The quantitative estimate of drug-likeness (QED) is 0.908. The summed E-state index contributed by atoms with van der Waals surface area (Å²) in [6.45, 7) is 0.672. The molecule has 1 aliphatic carbocycles. The summed E-state index contributed by atoms with van der Waals surface area (Å²) in [5, 5.41) is 1.64. The molecule has 1 saturated heterocycles. The summed E-state index contributed by atoms with van der Waals surface area (Å²) in [5.74, 6) is -0.478. The molecule has 1 N–H and O–H groups in total. The normalized spacial score (nSPS) is 23.3. The van der Waals surface area contributed by atoms with Crippen molar-refractivity contribution in [2.45, 2.75) is 48.9 Å². The lowest BCUT2D eigenvalue weighted by Gasteiger charge is -2.31. The third-order valence-corrected chi connectivity index (χ3v) is 6.55. The van der Waals surface area contributed by atoms with Gasteiger partial charge in [-0.25, -0.2) is 13.1 Å². The zero-order valence-corrected chi connectivity index (χ0v) is 14.9. The van der Waals surface area contributed by atoms with Crippen molar-refractivity contribution >= 4 is 20.8 Å². The molecular weight excluding hydrogens is 338 g/mol. The molecule has 1 saturated carbocycles. The molecule has 5 nitrogen and oxygen atoms in total. The first-order chi connectivity index (χ1) is 12.1. The number of hydrogen-bond acceptors (Lipinski definition) is 4. The fourth-order valence-electron chi connectivity index (χ4n) is 3.78. The zero-order valence-electron chi connectivity index (χ0n) is 14.1. The van der Waals surface area contributed by atoms with Crippen LogP contribution in [0.5, 0.6) is 0 Å². The van der Waals surface area contributed by atoms with Crippen LogP contribution in [0.2, 0.25) is 0 Å². The highest BCUT2D eigenvalue weighted by molar-refractivity contribution is 7.89. The second-order valence-corrected chi connectivity index (χ2v) is 8.59. The molecule has 134 valence electrons. The van der Waals surface area contributed by atoms with E-state index in [4.69, 9.17) is 9.47 Å². The second-order valence-electron chi connectivity index (χ2n) is 6.85. The van der Waals surface area contributed by atoms with Gasteiger partial charge >= 0.3 is 0 Å². The molecule has 0 amide bonds. The van der Waals surface area contributed by atoms with Gasteiger partial charge in [0.05, 0.1) is 17.6 Å². The molecule has 0 aromatic heterocycles. The van der Waals surface area contributed by atoms with Crippen molar-refractivity contribution in [1.82, 2.24) is 4.72 Å². The summed E-state index contributed by atoms with van der Waals surface area (Å²) in [6.07, 6.45) is 5.00. The van der Waals surface area contributed by atoms with Gasteiger partial charge in [0.1, 0.15) is 0 Å². The lowest BCUT2D eigenvalue weighted by Crippen LogP contribution is -2.37. The fraction of sp³-hybridized carbons (Fsp3) is 0.474. The summed E-state index contributed by atoms with van der Waals surface area (Å²) in [4.78, 5) is 0.303. The Morgan fingerprint density at radius 2 is 1.80 bits per heavy atom. The maximum absolute atomic E-state index is 12.8. The standard InChI is InChI=1S/C19H23NO4S/c21-25(22,18-10-6-8-15-7-2-3-9-17(15)18)20-13-16-14-23-19(24-16)11-4-1-5-12-19/h2-3,6-10,16,20H,1,4-5,11-14H2. The van der Waals surface area contributed by atoms with Gasteiger partial charge in [-0.1, -0.05) is 42.8 Å². The van der Waals surface area contributed by atoms with E-state index < -0.39 is 15.8 Å². The molecule has 25 heavy (non-hydrogen) atoms. The van der Waals surface area contributed by atoms with Gasteiger partial charge in [-0.3, -0.25) is 0 Å². The van der Waals surface area contributed by atoms with Gasteiger partial charge in [0.25, 0.3) is 0 Å². The van der Waals surface area contributed by atoms with Gasteiger partial charge in [0.2, 0.25) is 10.0 Å². The highest BCUT2D eigenvalue weighted by atomic mass is 32.2. The lowest BCUT2D eigenvalue weighted by molar-refractivity contribution is -0.186. The van der Waals surface area contributed by atoms with Crippen LogP contribution in [0.15, 0.2) is 47.4 Å². The maximum atomic E-state index is 12.8. The summed E-state index contributed by atoms with van der Waals surface area (Å²) in [5.41, 5.74) is 0. The lowest BCUT2D eigenvalue weighted by atomic mass is 9.94. The first kappa shape index (κ1) is 17.0. The maximum Gasteiger partial charge on any atom is 0.241 e. The van der Waals surface area contributed by atoms with Crippen LogP contribution in [0, 0.1) is 0 Å². The Morgan fingerprint density at radius 1 is 1.04 bits per heavy atom. The molecule has 2 aliphatic rings. The van der Waals surface area contributed by atoms with E-state index in [0.29, 0.717) is 11.5 Å². The average molecular weight is 361 g/mol. The summed E-state index contributed by atoms with van der Waals surface area (Å²) in [6, 6.07) is 12.8. The smallest absolute Gasteiger partial charge is 0.241 e. The van der Waals surface area contributed by atoms with Crippen molar-refractivity contribution in [3.63, 3.8) is 0 Å². The third kappa shape index (κ3) is 3.44. The SMILES string of the molecule is O=S(=O)(NCC1COC2(CCCCC2)O1)c1cccc2ccccc12. The minimum atomic E-state index is -3.60. The van der Waals surface area contributed by atoms with Gasteiger partial charge in [-0.2, -0.15) is 0 Å². The van der Waals surface area contributed by atoms with E-state index in [-0.39, 0.29) is 12.6 Å². The van der Waals surface area contributed by atoms with Crippen molar-refractivity contribution in [3.8, 4) is 0 Å². The molecule has 2 fully saturated rings. The molecule has 1 heterocycles. The molecule has 2 aromatic carbocycles. The average Bonchev–Trinajstić information content (AvgIpc) is 3.02. The monoisotopic (exact) mass is 361 g/mol. The van der Waals surface area contributed by atoms with E-state index in [1.54, 1.807) is 12.1 Å². The summed E-state index contributed by atoms with van der Waals surface area (Å²) < 4.78 is 40.2. The number of benzene rings is 2. The fourth-order valence-corrected chi connectivity index (χ4v) is 5.07. The van der Waals surface area contributed by atoms with Crippen molar-refractivity contribution < 1.29 is 17.9 Å². The van der Waals surface area contributed by atoms with Crippen LogP contribution < -0.4 is 4.72 Å². The Kier molecular flexibility index (Phi) is 4.54. The molecular formula is C19H23NO4S. The van der Waals surface area contributed by atoms with E-state index in [2.05, 4.69) is 4.72 Å². The topological polar surface area (TPSA) is 64.6 Å². The Labute approximate surface area is 148 Å². The predicted molar refractivity (Wildman–Crippen MR) is 95.8 cm³/mol. The molecule has 4 rings (SSSR count). The van der Waals surface area contributed by atoms with Crippen molar-refractivity contribution in [1.29, 1.82) is 0 Å². The van der Waals surface area contributed by atoms with E-state index in [1.165, 1.54) is 6.42 Å². The van der Waals surface area contributed by atoms with Crippen molar-refractivity contribution in [2.24, 2.45) is 0 Å². The third-order valence-electron chi connectivity index (χ3n) is 5.07. The van der Waals surface area contributed by atoms with Crippen LogP contribution in [0.4, 0.5) is 0 Å². The number of sulfonamides is 1. The number of ether oxygens (including phenoxy) is 2. The van der Waals surface area contributed by atoms with Gasteiger partial charge in [-0.05, 0) is 24.3 Å². The predicted octanol–water partition coefficient (Wildman–Crippen LogP) is 3.19. The molecule has 0 radical (unpaired) electrons. The van der Waals surface area contributed by atoms with Crippen molar-refractivity contribution in [3.05, 3.63) is 42.5 Å². The second kappa shape index (κ2) is 6.68. The Bertz CT molecular complexity index is 853. The summed E-state index contributed by atoms with van der Waals surface area (Å²) in [7, 11) is -3.60. The minimum absolute atomic E-state index is 0.229. The van der Waals surface area contributed by atoms with Crippen LogP contribution in [0.3, 0.4) is 0 Å². The molecule has 0 bridgehead atoms. The van der Waals surface area contributed by atoms with Crippen LogP contribution in [0.1, 0.15) is 32.1 Å². The molecule has 1 unspecified atom stereocenters. The van der Waals surface area contributed by atoms with Crippen LogP contribution in [0.25, 0.3) is 10.8 Å². The number of nitrogens with one attached hydrogen (secondary N) is 1. The van der Waals surface area contributed by atoms with Crippen LogP contribution in [-0.2, 0) is 19.5 Å². The largest absolute Gasteiger partial charge is 0.347 e. The Hall–Kier alpha value is -1.47. The van der Waals surface area contributed by atoms with E-state index >= 15 is 0 Å². The number of rotatable bonds is 4. The molecule has 1 spiro atoms. The Balaban J connectivity index is 1.47. The molecule has 6 heteroatoms. The Morgan fingerprint density at radius 3 is 2.64 bits per heavy atom. The van der Waals surface area contributed by atoms with Gasteiger partial charge < -0.3 is 9.47 Å². The van der Waals surface area contributed by atoms with Gasteiger partial charge in [0.15, 0.2) is 5.79 Å². The first-order valence-electron chi connectivity index (χ1n) is 8.87. The highest BCUT2D eigenvalue weighted by Gasteiger charge is 2.42. The van der Waals surface area contributed by atoms with E-state index in [1.807, 2.05) is 30.3 Å². The van der Waals surface area contributed by atoms with E-state index in [9.17, 15) is 8.42 Å². The zero-order chi connectivity index (χ0) is 17.3. The number of hydrogen-bond donors (Lipinski definition) is 1. The molecule has 1 atom stereocenters. The highest BCUT2D eigenvalue weighted by Crippen LogP contribution is 2.37. The summed E-state index contributed by atoms with van der Waals surface area (Å²) >= 11 is 0. The van der Waals surface area contributed by atoms with Gasteiger partial charge in [-0.15, -0.1) is 0 Å². The van der Waals surface area contributed by atoms with Crippen LogP contribution >= 0.6 is 0 Å². The first-order valence-corrected chi connectivity index (χ1v) is 10.4. The van der Waals surface area contributed by atoms with Crippen LogP contribution in [-0.4, -0.2) is 33.5 Å². The minimum Gasteiger partial charge on any atom is -0.347 e. The molecule has 1 aliphatic heterocycles. The molecule has 2 aromatic rings. The van der Waals surface area contributed by atoms with Crippen molar-refractivity contribution in [2.75, 3.05) is 13.2 Å². The number of fused-ring (bicyclic) bond motifs is 1.